The molecule has 0 bridgehead atoms. The number of aromatic nitrogens is 2. The van der Waals surface area contributed by atoms with E-state index in [-0.39, 0.29) is 5.97 Å². The monoisotopic (exact) mass is 311 g/mol. The van der Waals surface area contributed by atoms with Crippen LogP contribution in [0.2, 0.25) is 0 Å². The Bertz CT molecular complexity index is 473. The number of nitrogens with one attached hydrogen (secondary N) is 1. The number of hydrogen-bond acceptors (Lipinski definition) is 5. The van der Waals surface area contributed by atoms with Gasteiger partial charge in [-0.05, 0) is 39.2 Å². The molecule has 1 aromatic heterocycles. The summed E-state index contributed by atoms with van der Waals surface area (Å²) < 4.78 is 7.34. The van der Waals surface area contributed by atoms with Gasteiger partial charge in [0.05, 0.1) is 6.61 Å². The van der Waals surface area contributed by atoms with E-state index in [9.17, 15) is 4.79 Å². The Morgan fingerprint density at radius 2 is 2.43 bits per heavy atom. The van der Waals surface area contributed by atoms with Crippen LogP contribution in [0.1, 0.15) is 39.5 Å². The van der Waals surface area contributed by atoms with E-state index in [2.05, 4.69) is 10.3 Å². The van der Waals surface area contributed by atoms with Crippen LogP contribution in [0, 0.1) is 0 Å². The van der Waals surface area contributed by atoms with E-state index in [0.29, 0.717) is 11.9 Å². The van der Waals surface area contributed by atoms with E-state index in [1.807, 2.05) is 37.9 Å². The lowest BCUT2D eigenvalue weighted by Gasteiger charge is -2.39. The number of ether oxygens (including phenoxy) is 1. The highest BCUT2D eigenvalue weighted by Gasteiger charge is 2.43. The van der Waals surface area contributed by atoms with Gasteiger partial charge in [-0.15, -0.1) is 0 Å². The highest BCUT2D eigenvalue weighted by atomic mass is 32.2. The van der Waals surface area contributed by atoms with Crippen LogP contribution in [0.4, 0.5) is 0 Å². The number of imidazole rings is 1. The lowest BCUT2D eigenvalue weighted by Crippen LogP contribution is -2.56. The number of likely N-dealkylation sites (N-methyl/N-ethyl adjacent to an activating group) is 1. The topological polar surface area (TPSA) is 56.1 Å². The molecule has 1 saturated carbocycles. The molecule has 1 fully saturated rings. The molecule has 0 spiro atoms. The van der Waals surface area contributed by atoms with Crippen LogP contribution in [-0.4, -0.2) is 39.5 Å². The van der Waals surface area contributed by atoms with E-state index in [0.717, 1.165) is 37.4 Å². The van der Waals surface area contributed by atoms with Crippen molar-refractivity contribution in [3.05, 3.63) is 12.4 Å². The van der Waals surface area contributed by atoms with Gasteiger partial charge >= 0.3 is 5.97 Å². The molecule has 0 amide bonds. The van der Waals surface area contributed by atoms with Gasteiger partial charge in [0, 0.05) is 24.7 Å². The largest absolute Gasteiger partial charge is 0.465 e. The molecular formula is C15H25N3O2S. The van der Waals surface area contributed by atoms with Crippen molar-refractivity contribution in [3.8, 4) is 0 Å². The summed E-state index contributed by atoms with van der Waals surface area (Å²) >= 11 is 1.77. The fourth-order valence-corrected chi connectivity index (χ4v) is 4.26. The van der Waals surface area contributed by atoms with E-state index in [1.54, 1.807) is 11.8 Å². The molecule has 21 heavy (non-hydrogen) atoms. The maximum absolute atomic E-state index is 12.4. The summed E-state index contributed by atoms with van der Waals surface area (Å²) in [4.78, 5) is 16.8. The molecular weight excluding hydrogens is 286 g/mol. The molecule has 2 unspecified atom stereocenters. The molecule has 0 aliphatic heterocycles. The Morgan fingerprint density at radius 3 is 3.05 bits per heavy atom. The van der Waals surface area contributed by atoms with Gasteiger partial charge in [-0.25, -0.2) is 4.98 Å². The maximum Gasteiger partial charge on any atom is 0.326 e. The Balaban J connectivity index is 2.09. The average Bonchev–Trinajstić information content (AvgIpc) is 2.85. The summed E-state index contributed by atoms with van der Waals surface area (Å²) in [5.74, 6) is -0.100. The first kappa shape index (κ1) is 16.4. The van der Waals surface area contributed by atoms with Crippen LogP contribution < -0.4 is 5.32 Å². The van der Waals surface area contributed by atoms with Gasteiger partial charge in [0.15, 0.2) is 5.16 Å². The summed E-state index contributed by atoms with van der Waals surface area (Å²) in [6, 6.07) is 0. The van der Waals surface area contributed by atoms with Gasteiger partial charge in [-0.2, -0.15) is 0 Å². The minimum Gasteiger partial charge on any atom is -0.465 e. The molecule has 1 heterocycles. The van der Waals surface area contributed by atoms with Crippen molar-refractivity contribution in [2.75, 3.05) is 13.2 Å². The molecule has 0 radical (unpaired) electrons. The van der Waals surface area contributed by atoms with E-state index in [4.69, 9.17) is 4.74 Å². The first-order chi connectivity index (χ1) is 10.1. The van der Waals surface area contributed by atoms with Crippen LogP contribution in [0.25, 0.3) is 0 Å². The number of hydrogen-bond donors (Lipinski definition) is 1. The first-order valence-electron chi connectivity index (χ1n) is 7.67. The second-order valence-electron chi connectivity index (χ2n) is 5.49. The third kappa shape index (κ3) is 3.80. The SMILES string of the molecule is CCNC1(C(=O)OCC)CCCC(Sc2nccn2C)C1. The van der Waals surface area contributed by atoms with Crippen molar-refractivity contribution in [2.45, 2.75) is 55.5 Å². The summed E-state index contributed by atoms with van der Waals surface area (Å²) in [6.45, 7) is 5.11. The molecule has 1 N–H and O–H groups in total. The maximum atomic E-state index is 12.4. The summed E-state index contributed by atoms with van der Waals surface area (Å²) in [7, 11) is 2.00. The van der Waals surface area contributed by atoms with E-state index >= 15 is 0 Å². The normalized spacial score (nSPS) is 25.8. The number of thioether (sulfide) groups is 1. The Morgan fingerprint density at radius 1 is 1.62 bits per heavy atom. The molecule has 0 aromatic carbocycles. The molecule has 1 aromatic rings. The Kier molecular flexibility index (Phi) is 5.70. The number of esters is 1. The van der Waals surface area contributed by atoms with Crippen LogP contribution in [0.15, 0.2) is 17.6 Å². The molecule has 1 aliphatic rings. The van der Waals surface area contributed by atoms with E-state index in [1.165, 1.54) is 0 Å². The number of carbonyl (C=O) groups is 1. The lowest BCUT2D eigenvalue weighted by molar-refractivity contribution is -0.152. The average molecular weight is 311 g/mol. The highest BCUT2D eigenvalue weighted by Crippen LogP contribution is 2.38. The van der Waals surface area contributed by atoms with Crippen molar-refractivity contribution in [1.82, 2.24) is 14.9 Å². The van der Waals surface area contributed by atoms with Crippen LogP contribution >= 0.6 is 11.8 Å². The minimum absolute atomic E-state index is 0.100. The zero-order valence-corrected chi connectivity index (χ0v) is 13.9. The number of carbonyl (C=O) groups excluding carboxylic acids is 1. The van der Waals surface area contributed by atoms with Gasteiger partial charge in [0.25, 0.3) is 0 Å². The molecule has 1 aliphatic carbocycles. The second-order valence-corrected chi connectivity index (χ2v) is 6.76. The second kappa shape index (κ2) is 7.31. The fraction of sp³-hybridized carbons (Fsp3) is 0.733. The first-order valence-corrected chi connectivity index (χ1v) is 8.55. The van der Waals surface area contributed by atoms with E-state index < -0.39 is 5.54 Å². The summed E-state index contributed by atoms with van der Waals surface area (Å²) in [5, 5.41) is 4.79. The van der Waals surface area contributed by atoms with Crippen LogP contribution in [-0.2, 0) is 16.6 Å². The van der Waals surface area contributed by atoms with Gasteiger partial charge in [-0.3, -0.25) is 4.79 Å². The predicted octanol–water partition coefficient (Wildman–Crippen LogP) is 2.37. The smallest absolute Gasteiger partial charge is 0.326 e. The molecule has 2 rings (SSSR count). The van der Waals surface area contributed by atoms with Gasteiger partial charge in [0.1, 0.15) is 5.54 Å². The predicted molar refractivity (Wildman–Crippen MR) is 84.4 cm³/mol. The third-order valence-corrected chi connectivity index (χ3v) is 5.28. The van der Waals surface area contributed by atoms with Crippen molar-refractivity contribution in [2.24, 2.45) is 7.05 Å². The van der Waals surface area contributed by atoms with Crippen LogP contribution in [0.3, 0.4) is 0 Å². The molecule has 5 nitrogen and oxygen atoms in total. The lowest BCUT2D eigenvalue weighted by atomic mass is 9.81. The summed E-state index contributed by atoms with van der Waals surface area (Å²) in [5.41, 5.74) is -0.522. The standard InChI is InChI=1S/C15H25N3O2S/c1-4-17-15(13(19)20-5-2)8-6-7-12(11-15)21-14-16-9-10-18(14)3/h9-10,12,17H,4-8,11H2,1-3H3. The van der Waals surface area contributed by atoms with Gasteiger partial charge in [0.2, 0.25) is 0 Å². The Labute approximate surface area is 130 Å². The minimum atomic E-state index is -0.522. The fourth-order valence-electron chi connectivity index (χ4n) is 2.97. The van der Waals surface area contributed by atoms with Gasteiger partial charge < -0.3 is 14.6 Å². The third-order valence-electron chi connectivity index (χ3n) is 3.94. The van der Waals surface area contributed by atoms with Crippen molar-refractivity contribution >= 4 is 17.7 Å². The quantitative estimate of drug-likeness (QED) is 0.817. The zero-order valence-electron chi connectivity index (χ0n) is 13.1. The number of aryl methyl sites for hydroxylation is 1. The summed E-state index contributed by atoms with van der Waals surface area (Å²) in [6.07, 6.45) is 7.58. The van der Waals surface area contributed by atoms with Gasteiger partial charge in [-0.1, -0.05) is 18.7 Å². The molecule has 0 saturated heterocycles. The van der Waals surface area contributed by atoms with Crippen LogP contribution in [0.5, 0.6) is 0 Å². The zero-order chi connectivity index (χ0) is 15.3. The molecule has 2 atom stereocenters. The molecule has 118 valence electrons. The number of nitrogens with zero attached hydrogens (tertiary/aromatic N) is 2. The highest BCUT2D eigenvalue weighted by molar-refractivity contribution is 7.99. The molecule has 6 heteroatoms. The Hall–Kier alpha value is -1.01. The number of rotatable bonds is 6. The van der Waals surface area contributed by atoms with Crippen molar-refractivity contribution < 1.29 is 9.53 Å². The van der Waals surface area contributed by atoms with Crippen molar-refractivity contribution in [3.63, 3.8) is 0 Å². The van der Waals surface area contributed by atoms with Crippen molar-refractivity contribution in [1.29, 1.82) is 0 Å².